The maximum Gasteiger partial charge on any atom is 0.219 e. The Balaban J connectivity index is 1.74. The smallest absolute Gasteiger partial charge is 0.219 e. The number of likely N-dealkylation sites (tertiary alicyclic amines) is 1. The van der Waals surface area contributed by atoms with Crippen LogP contribution in [0.4, 0.5) is 0 Å². The second kappa shape index (κ2) is 6.97. The van der Waals surface area contributed by atoms with E-state index in [2.05, 4.69) is 29.2 Å². The van der Waals surface area contributed by atoms with Crippen LogP contribution >= 0.6 is 11.8 Å². The number of aromatic nitrogens is 1. The van der Waals surface area contributed by atoms with Crippen LogP contribution in [0.2, 0.25) is 0 Å². The van der Waals surface area contributed by atoms with Crippen molar-refractivity contribution in [2.24, 2.45) is 0 Å². The van der Waals surface area contributed by atoms with E-state index < -0.39 is 0 Å². The molecule has 4 heteroatoms. The van der Waals surface area contributed by atoms with Gasteiger partial charge in [0.15, 0.2) is 0 Å². The van der Waals surface area contributed by atoms with E-state index in [9.17, 15) is 4.79 Å². The van der Waals surface area contributed by atoms with E-state index in [1.807, 2.05) is 29.3 Å². The normalized spacial score (nSPS) is 18.2. The molecule has 22 heavy (non-hydrogen) atoms. The van der Waals surface area contributed by atoms with Gasteiger partial charge in [-0.05, 0) is 43.0 Å². The molecule has 0 unspecified atom stereocenters. The summed E-state index contributed by atoms with van der Waals surface area (Å²) >= 11 is 1.66. The molecule has 0 spiro atoms. The van der Waals surface area contributed by atoms with Crippen LogP contribution in [0.15, 0.2) is 58.6 Å². The van der Waals surface area contributed by atoms with Crippen molar-refractivity contribution in [1.82, 2.24) is 9.88 Å². The average molecular weight is 312 g/mol. The summed E-state index contributed by atoms with van der Waals surface area (Å²) in [5.74, 6) is 0.160. The second-order valence-electron chi connectivity index (χ2n) is 5.57. The van der Waals surface area contributed by atoms with E-state index in [1.54, 1.807) is 18.7 Å². The standard InChI is InChI=1S/C18H20N2OS/c1-14(21)20-12-6-5-9-17(20)15-10-11-18(19-13-15)22-16-7-3-2-4-8-16/h2-4,7-8,10-11,13,17H,5-6,9,12H2,1H3/t17-/m0/s1. The summed E-state index contributed by atoms with van der Waals surface area (Å²) < 4.78 is 0. The molecule has 2 heterocycles. The number of amides is 1. The maximum absolute atomic E-state index is 11.8. The van der Waals surface area contributed by atoms with Gasteiger partial charge >= 0.3 is 0 Å². The van der Waals surface area contributed by atoms with Gasteiger partial charge in [0.25, 0.3) is 0 Å². The Bertz CT molecular complexity index is 627. The zero-order valence-electron chi connectivity index (χ0n) is 12.7. The first-order valence-corrected chi connectivity index (χ1v) is 8.52. The van der Waals surface area contributed by atoms with Gasteiger partial charge in [-0.2, -0.15) is 0 Å². The van der Waals surface area contributed by atoms with E-state index in [-0.39, 0.29) is 11.9 Å². The van der Waals surface area contributed by atoms with Gasteiger partial charge in [0.1, 0.15) is 5.03 Å². The molecule has 1 aromatic carbocycles. The minimum absolute atomic E-state index is 0.160. The number of hydrogen-bond donors (Lipinski definition) is 0. The molecule has 0 aliphatic carbocycles. The summed E-state index contributed by atoms with van der Waals surface area (Å²) in [6.45, 7) is 2.52. The maximum atomic E-state index is 11.8. The SMILES string of the molecule is CC(=O)N1CCCC[C@H]1c1ccc(Sc2ccccc2)nc1. The zero-order valence-corrected chi connectivity index (χ0v) is 13.6. The fourth-order valence-electron chi connectivity index (χ4n) is 2.91. The minimum Gasteiger partial charge on any atom is -0.336 e. The van der Waals surface area contributed by atoms with Gasteiger partial charge in [0.05, 0.1) is 6.04 Å². The highest BCUT2D eigenvalue weighted by molar-refractivity contribution is 7.99. The van der Waals surface area contributed by atoms with Crippen LogP contribution in [-0.4, -0.2) is 22.3 Å². The number of rotatable bonds is 3. The predicted molar refractivity (Wildman–Crippen MR) is 88.8 cm³/mol. The van der Waals surface area contributed by atoms with Gasteiger partial charge in [-0.25, -0.2) is 4.98 Å². The quantitative estimate of drug-likeness (QED) is 0.847. The summed E-state index contributed by atoms with van der Waals surface area (Å²) in [5.41, 5.74) is 1.15. The van der Waals surface area contributed by atoms with Crippen molar-refractivity contribution < 1.29 is 4.79 Å². The molecule has 0 N–H and O–H groups in total. The first-order valence-electron chi connectivity index (χ1n) is 7.70. The molecule has 2 aromatic rings. The lowest BCUT2D eigenvalue weighted by Gasteiger charge is -2.35. The third-order valence-corrected chi connectivity index (χ3v) is 4.98. The number of hydrogen-bond acceptors (Lipinski definition) is 3. The molecule has 1 saturated heterocycles. The highest BCUT2D eigenvalue weighted by atomic mass is 32.2. The van der Waals surface area contributed by atoms with Gasteiger partial charge in [-0.15, -0.1) is 0 Å². The first kappa shape index (κ1) is 15.1. The number of piperidine rings is 1. The zero-order chi connectivity index (χ0) is 15.4. The van der Waals surface area contributed by atoms with Crippen molar-refractivity contribution in [2.75, 3.05) is 6.54 Å². The largest absolute Gasteiger partial charge is 0.336 e. The van der Waals surface area contributed by atoms with Crippen molar-refractivity contribution in [2.45, 2.75) is 42.1 Å². The highest BCUT2D eigenvalue weighted by Gasteiger charge is 2.25. The molecule has 1 amide bonds. The van der Waals surface area contributed by atoms with E-state index in [0.717, 1.165) is 30.0 Å². The lowest BCUT2D eigenvalue weighted by molar-refractivity contribution is -0.132. The number of benzene rings is 1. The molecule has 1 atom stereocenters. The van der Waals surface area contributed by atoms with Crippen LogP contribution in [0.3, 0.4) is 0 Å². The molecule has 1 aliphatic rings. The Labute approximate surface area is 135 Å². The van der Waals surface area contributed by atoms with Crippen LogP contribution in [0.25, 0.3) is 0 Å². The summed E-state index contributed by atoms with van der Waals surface area (Å²) in [6.07, 6.45) is 5.24. The first-order chi connectivity index (χ1) is 10.7. The fourth-order valence-corrected chi connectivity index (χ4v) is 3.69. The van der Waals surface area contributed by atoms with E-state index >= 15 is 0 Å². The highest BCUT2D eigenvalue weighted by Crippen LogP contribution is 2.32. The van der Waals surface area contributed by atoms with Gasteiger partial charge in [-0.1, -0.05) is 36.0 Å². The summed E-state index contributed by atoms with van der Waals surface area (Å²) in [5, 5.41) is 0.986. The van der Waals surface area contributed by atoms with E-state index in [0.29, 0.717) is 0 Å². The molecule has 3 nitrogen and oxygen atoms in total. The number of pyridine rings is 1. The van der Waals surface area contributed by atoms with Gasteiger partial charge < -0.3 is 4.90 Å². The monoisotopic (exact) mass is 312 g/mol. The van der Waals surface area contributed by atoms with Crippen LogP contribution < -0.4 is 0 Å². The lowest BCUT2D eigenvalue weighted by Crippen LogP contribution is -2.36. The van der Waals surface area contributed by atoms with Gasteiger partial charge in [-0.3, -0.25) is 4.79 Å². The fraction of sp³-hybridized carbons (Fsp3) is 0.333. The topological polar surface area (TPSA) is 33.2 Å². The van der Waals surface area contributed by atoms with Crippen molar-refractivity contribution in [3.8, 4) is 0 Å². The summed E-state index contributed by atoms with van der Waals surface area (Å²) in [4.78, 5) is 19.5. The molecule has 1 aromatic heterocycles. The van der Waals surface area contributed by atoms with Crippen molar-refractivity contribution in [1.29, 1.82) is 0 Å². The molecule has 0 saturated carbocycles. The molecule has 3 rings (SSSR count). The summed E-state index contributed by atoms with van der Waals surface area (Å²) in [7, 11) is 0. The number of nitrogens with zero attached hydrogens (tertiary/aromatic N) is 2. The van der Waals surface area contributed by atoms with Crippen molar-refractivity contribution in [3.05, 3.63) is 54.2 Å². The lowest BCUT2D eigenvalue weighted by atomic mass is 9.96. The van der Waals surface area contributed by atoms with Crippen LogP contribution in [-0.2, 0) is 4.79 Å². The molecular weight excluding hydrogens is 292 g/mol. The molecule has 0 bridgehead atoms. The Kier molecular flexibility index (Phi) is 4.78. The Morgan fingerprint density at radius 1 is 1.18 bits per heavy atom. The molecule has 114 valence electrons. The third-order valence-electron chi connectivity index (χ3n) is 4.02. The van der Waals surface area contributed by atoms with E-state index in [4.69, 9.17) is 0 Å². The number of carbonyl (C=O) groups is 1. The van der Waals surface area contributed by atoms with Crippen LogP contribution in [0.5, 0.6) is 0 Å². The second-order valence-corrected chi connectivity index (χ2v) is 6.66. The molecular formula is C18H20N2OS. The van der Waals surface area contributed by atoms with Crippen LogP contribution in [0.1, 0.15) is 37.8 Å². The summed E-state index contributed by atoms with van der Waals surface area (Å²) in [6, 6.07) is 14.6. The third kappa shape index (κ3) is 3.50. The molecule has 1 aliphatic heterocycles. The van der Waals surface area contributed by atoms with Crippen molar-refractivity contribution in [3.63, 3.8) is 0 Å². The average Bonchev–Trinajstić information content (AvgIpc) is 2.56. The number of carbonyl (C=O) groups excluding carboxylic acids is 1. The van der Waals surface area contributed by atoms with E-state index in [1.165, 1.54) is 11.3 Å². The Morgan fingerprint density at radius 2 is 2.00 bits per heavy atom. The minimum atomic E-state index is 0.160. The molecule has 1 fully saturated rings. The Hall–Kier alpha value is -1.81. The van der Waals surface area contributed by atoms with Crippen molar-refractivity contribution >= 4 is 17.7 Å². The Morgan fingerprint density at radius 3 is 2.68 bits per heavy atom. The molecule has 0 radical (unpaired) electrons. The van der Waals surface area contributed by atoms with Gasteiger partial charge in [0, 0.05) is 24.6 Å². The predicted octanol–water partition coefficient (Wildman–Crippen LogP) is 4.31. The van der Waals surface area contributed by atoms with Crippen LogP contribution in [0, 0.1) is 0 Å². The van der Waals surface area contributed by atoms with Gasteiger partial charge in [0.2, 0.25) is 5.91 Å².